The van der Waals surface area contributed by atoms with Crippen molar-refractivity contribution < 1.29 is 13.0 Å². The zero-order valence-electron chi connectivity index (χ0n) is 2.55. The van der Waals surface area contributed by atoms with E-state index in [4.69, 9.17) is 4.55 Å². The quantitative estimate of drug-likeness (QED) is 0.292. The van der Waals surface area contributed by atoms with Crippen LogP contribution in [0, 0.1) is 0 Å². The van der Waals surface area contributed by atoms with Crippen molar-refractivity contribution in [1.29, 1.82) is 0 Å². The third-order valence-electron chi connectivity index (χ3n) is 0.0975. The summed E-state index contributed by atoms with van der Waals surface area (Å²) in [6.07, 6.45) is 0. The molecule has 0 aromatic rings. The molecule has 0 aliphatic rings. The molecule has 0 fully saturated rings. The van der Waals surface area contributed by atoms with Crippen LogP contribution in [0.25, 0.3) is 0 Å². The number of rotatable bonds is 1. The van der Waals surface area contributed by atoms with Gasteiger partial charge in [-0.3, -0.25) is 4.55 Å². The Balaban J connectivity index is 0. The van der Waals surface area contributed by atoms with Gasteiger partial charge in [-0.15, -0.1) is 4.24 Å². The van der Waals surface area contributed by atoms with Gasteiger partial charge in [0, 0.05) is 0 Å². The Kier molecular flexibility index (Phi) is 6.93. The van der Waals surface area contributed by atoms with Crippen LogP contribution >= 0.6 is 11.8 Å². The SMILES string of the molecule is O=S(=O)(O)NCl.[CaH2]. The first-order valence-corrected chi connectivity index (χ1v) is 2.73. The van der Waals surface area contributed by atoms with Gasteiger partial charge >= 0.3 is 48.0 Å². The van der Waals surface area contributed by atoms with Crippen molar-refractivity contribution in [3.63, 3.8) is 0 Å². The van der Waals surface area contributed by atoms with Gasteiger partial charge in [0.25, 0.3) is 0 Å². The molecule has 0 atom stereocenters. The van der Waals surface area contributed by atoms with Crippen LogP contribution in [-0.2, 0) is 10.3 Å². The first-order chi connectivity index (χ1) is 2.56. The molecule has 0 heterocycles. The molecule has 0 saturated carbocycles. The second-order valence-electron chi connectivity index (χ2n) is 0.552. The molecule has 2 N–H and O–H groups in total. The zero-order valence-corrected chi connectivity index (χ0v) is 4.12. The summed E-state index contributed by atoms with van der Waals surface area (Å²) < 4.78 is 27.3. The molecule has 0 unspecified atom stereocenters. The van der Waals surface area contributed by atoms with Gasteiger partial charge in [-0.05, 0) is 11.8 Å². The van der Waals surface area contributed by atoms with Gasteiger partial charge in [-0.1, -0.05) is 0 Å². The van der Waals surface area contributed by atoms with E-state index in [-0.39, 0.29) is 37.7 Å². The van der Waals surface area contributed by atoms with Gasteiger partial charge < -0.3 is 0 Å². The predicted octanol–water partition coefficient (Wildman–Crippen LogP) is -1.38. The standard InChI is InChI=1S/Ca.ClH2NO3S.2H/c;1-2-6(3,4)5;;/h;2H,(H,3,4,5);;. The second-order valence-corrected chi connectivity index (χ2v) is 2.12. The van der Waals surface area contributed by atoms with Crippen molar-refractivity contribution in [2.24, 2.45) is 0 Å². The summed E-state index contributed by atoms with van der Waals surface area (Å²) >= 11 is 4.39. The Morgan fingerprint density at radius 2 is 1.71 bits per heavy atom. The maximum absolute atomic E-state index is 9.31. The first-order valence-electron chi connectivity index (χ1n) is 0.909. The van der Waals surface area contributed by atoms with Crippen molar-refractivity contribution in [2.75, 3.05) is 0 Å². The molecule has 4 nitrogen and oxygen atoms in total. The van der Waals surface area contributed by atoms with Crippen LogP contribution in [0.3, 0.4) is 0 Å². The molecular weight excluding hydrogens is 170 g/mol. The molecule has 0 aliphatic carbocycles. The summed E-state index contributed by atoms with van der Waals surface area (Å²) in [6, 6.07) is 0. The van der Waals surface area contributed by atoms with E-state index in [1.807, 2.05) is 0 Å². The van der Waals surface area contributed by atoms with Crippen molar-refractivity contribution in [3.05, 3.63) is 0 Å². The summed E-state index contributed by atoms with van der Waals surface area (Å²) in [5, 5.41) is 0. The van der Waals surface area contributed by atoms with Gasteiger partial charge in [-0.2, -0.15) is 8.42 Å². The van der Waals surface area contributed by atoms with E-state index in [9.17, 15) is 8.42 Å². The summed E-state index contributed by atoms with van der Waals surface area (Å²) in [7, 11) is -4.15. The van der Waals surface area contributed by atoms with Crippen LogP contribution in [0.1, 0.15) is 0 Å². The van der Waals surface area contributed by atoms with Gasteiger partial charge in [0.2, 0.25) is 0 Å². The van der Waals surface area contributed by atoms with Crippen LogP contribution in [-0.4, -0.2) is 50.7 Å². The average Bonchev–Trinajstić information content (AvgIpc) is 1.35. The van der Waals surface area contributed by atoms with E-state index >= 15 is 0 Å². The Hall–Kier alpha value is 1.42. The molecule has 0 spiro atoms. The number of halogens is 1. The van der Waals surface area contributed by atoms with Crippen LogP contribution in [0.15, 0.2) is 0 Å². The second kappa shape index (κ2) is 4.31. The molecule has 0 bridgehead atoms. The van der Waals surface area contributed by atoms with Crippen molar-refractivity contribution in [1.82, 2.24) is 4.24 Å². The molecular formula is H4CaClNO3S. The molecule has 42 valence electrons. The minimum atomic E-state index is -4.15. The summed E-state index contributed by atoms with van der Waals surface area (Å²) in [5.41, 5.74) is 0. The normalized spacial score (nSPS) is 10.0. The summed E-state index contributed by atoms with van der Waals surface area (Å²) in [4.78, 5) is 0. The molecule has 0 aromatic heterocycles. The number of nitrogens with one attached hydrogen (secondary N) is 1. The number of hydrogen-bond donors (Lipinski definition) is 2. The maximum atomic E-state index is 9.31. The molecule has 0 rings (SSSR count). The van der Waals surface area contributed by atoms with Gasteiger partial charge in [0.15, 0.2) is 0 Å². The fourth-order valence-corrected chi connectivity index (χ4v) is 0. The van der Waals surface area contributed by atoms with E-state index < -0.39 is 10.3 Å². The summed E-state index contributed by atoms with van der Waals surface area (Å²) in [6.45, 7) is 0. The molecule has 0 saturated heterocycles. The molecule has 0 aromatic carbocycles. The van der Waals surface area contributed by atoms with E-state index in [0.717, 1.165) is 4.24 Å². The van der Waals surface area contributed by atoms with Crippen LogP contribution < -0.4 is 4.24 Å². The minimum absolute atomic E-state index is 0. The predicted molar refractivity (Wildman–Crippen MR) is 29.1 cm³/mol. The zero-order chi connectivity index (χ0) is 5.21. The first kappa shape index (κ1) is 11.2. The van der Waals surface area contributed by atoms with Crippen molar-refractivity contribution >= 4 is 59.8 Å². The topological polar surface area (TPSA) is 66.4 Å². The van der Waals surface area contributed by atoms with Crippen LogP contribution in [0.2, 0.25) is 0 Å². The Labute approximate surface area is 76.2 Å². The molecule has 7 heteroatoms. The van der Waals surface area contributed by atoms with Crippen LogP contribution in [0.4, 0.5) is 0 Å². The van der Waals surface area contributed by atoms with Crippen molar-refractivity contribution in [2.45, 2.75) is 0 Å². The summed E-state index contributed by atoms with van der Waals surface area (Å²) in [5.74, 6) is 0. The van der Waals surface area contributed by atoms with Crippen molar-refractivity contribution in [3.8, 4) is 0 Å². The molecule has 0 amide bonds. The van der Waals surface area contributed by atoms with Crippen LogP contribution in [0.5, 0.6) is 0 Å². The Bertz CT molecular complexity index is 117. The van der Waals surface area contributed by atoms with E-state index in [2.05, 4.69) is 11.8 Å². The molecule has 0 radical (unpaired) electrons. The van der Waals surface area contributed by atoms with Gasteiger partial charge in [0.05, 0.1) is 0 Å². The van der Waals surface area contributed by atoms with Gasteiger partial charge in [-0.25, -0.2) is 0 Å². The average molecular weight is 174 g/mol. The van der Waals surface area contributed by atoms with E-state index in [1.54, 1.807) is 0 Å². The third-order valence-corrected chi connectivity index (χ3v) is 0.877. The molecule has 7 heavy (non-hydrogen) atoms. The Morgan fingerprint density at radius 3 is 1.71 bits per heavy atom. The number of hydrogen-bond acceptors (Lipinski definition) is 2. The monoisotopic (exact) mass is 173 g/mol. The van der Waals surface area contributed by atoms with Gasteiger partial charge in [0.1, 0.15) is 0 Å². The third kappa shape index (κ3) is 11.2. The van der Waals surface area contributed by atoms with E-state index in [0.29, 0.717) is 0 Å². The van der Waals surface area contributed by atoms with E-state index in [1.165, 1.54) is 0 Å². The fourth-order valence-electron chi connectivity index (χ4n) is 0. The fraction of sp³-hybridized carbons (Fsp3) is 0. The Morgan fingerprint density at radius 1 is 1.57 bits per heavy atom. The molecule has 0 aliphatic heterocycles.